The minimum atomic E-state index is -0.517. The molecule has 1 aliphatic rings. The summed E-state index contributed by atoms with van der Waals surface area (Å²) in [5, 5.41) is 2.96. The lowest BCUT2D eigenvalue weighted by Gasteiger charge is -2.14. The van der Waals surface area contributed by atoms with Crippen LogP contribution in [-0.2, 0) is 4.79 Å². The lowest BCUT2D eigenvalue weighted by Crippen LogP contribution is -2.31. The van der Waals surface area contributed by atoms with Crippen LogP contribution < -0.4 is 15.0 Å². The average molecular weight is 407 g/mol. The van der Waals surface area contributed by atoms with Crippen molar-refractivity contribution < 1.29 is 13.9 Å². The van der Waals surface area contributed by atoms with Crippen molar-refractivity contribution in [2.24, 2.45) is 0 Å². The molecule has 2 aromatic carbocycles. The zero-order chi connectivity index (χ0) is 17.3. The molecule has 0 radical (unpaired) electrons. The standard InChI is InChI=1S/C17H12BrFN2O2S/c1-23-15-7-6-11(18)8-10(15)9-13-16(22)21(17(24)20-13)14-5-3-2-4-12(14)19/h2-9H,1H3,(H,20,24)/b13-9-. The number of methoxy groups -OCH3 is 1. The van der Waals surface area contributed by atoms with Gasteiger partial charge in [-0.3, -0.25) is 4.79 Å². The first kappa shape index (κ1) is 16.6. The van der Waals surface area contributed by atoms with Gasteiger partial charge in [0.05, 0.1) is 12.8 Å². The van der Waals surface area contributed by atoms with Crippen LogP contribution in [0.4, 0.5) is 10.1 Å². The zero-order valence-corrected chi connectivity index (χ0v) is 14.9. The van der Waals surface area contributed by atoms with Crippen LogP contribution in [0.25, 0.3) is 6.08 Å². The van der Waals surface area contributed by atoms with E-state index in [4.69, 9.17) is 17.0 Å². The highest BCUT2D eigenvalue weighted by molar-refractivity contribution is 9.10. The Kier molecular flexibility index (Phi) is 4.64. The number of halogens is 2. The van der Waals surface area contributed by atoms with Crippen molar-refractivity contribution in [1.29, 1.82) is 0 Å². The van der Waals surface area contributed by atoms with Gasteiger partial charge < -0.3 is 10.1 Å². The molecule has 1 amide bonds. The Morgan fingerprint density at radius 3 is 2.75 bits per heavy atom. The van der Waals surface area contributed by atoms with Gasteiger partial charge in [-0.15, -0.1) is 0 Å². The molecular formula is C17H12BrFN2O2S. The summed E-state index contributed by atoms with van der Waals surface area (Å²) in [6, 6.07) is 11.4. The van der Waals surface area contributed by atoms with Gasteiger partial charge in [0.25, 0.3) is 5.91 Å². The second-order valence-corrected chi connectivity index (χ2v) is 6.27. The molecule has 1 N–H and O–H groups in total. The molecule has 122 valence electrons. The van der Waals surface area contributed by atoms with E-state index in [0.717, 1.165) is 9.37 Å². The summed E-state index contributed by atoms with van der Waals surface area (Å²) in [6.07, 6.45) is 1.62. The van der Waals surface area contributed by atoms with Gasteiger partial charge in [-0.2, -0.15) is 0 Å². The van der Waals surface area contributed by atoms with Crippen LogP contribution in [-0.4, -0.2) is 18.1 Å². The van der Waals surface area contributed by atoms with Gasteiger partial charge in [0, 0.05) is 10.0 Å². The van der Waals surface area contributed by atoms with Gasteiger partial charge in [-0.05, 0) is 48.6 Å². The molecule has 0 bridgehead atoms. The first-order valence-corrected chi connectivity index (χ1v) is 8.16. The molecule has 7 heteroatoms. The molecule has 3 rings (SSSR count). The van der Waals surface area contributed by atoms with Crippen LogP contribution in [0.2, 0.25) is 0 Å². The molecule has 0 atom stereocenters. The molecular weight excluding hydrogens is 395 g/mol. The fraction of sp³-hybridized carbons (Fsp3) is 0.0588. The SMILES string of the molecule is COc1ccc(Br)cc1/C=C1\NC(=S)N(c2ccccc2F)C1=O. The average Bonchev–Trinajstić information content (AvgIpc) is 2.82. The maximum Gasteiger partial charge on any atom is 0.281 e. The Hall–Kier alpha value is -2.25. The Morgan fingerprint density at radius 2 is 2.04 bits per heavy atom. The topological polar surface area (TPSA) is 41.6 Å². The molecule has 2 aromatic rings. The Balaban J connectivity index is 2.01. The number of rotatable bonds is 3. The summed E-state index contributed by atoms with van der Waals surface area (Å²) < 4.78 is 20.1. The predicted octanol–water partition coefficient (Wildman–Crippen LogP) is 3.86. The highest BCUT2D eigenvalue weighted by Gasteiger charge is 2.33. The number of nitrogens with zero attached hydrogens (tertiary/aromatic N) is 1. The van der Waals surface area contributed by atoms with Gasteiger partial charge in [0.1, 0.15) is 17.3 Å². The van der Waals surface area contributed by atoms with Crippen LogP contribution >= 0.6 is 28.1 Å². The number of para-hydroxylation sites is 1. The van der Waals surface area contributed by atoms with E-state index in [9.17, 15) is 9.18 Å². The number of carbonyl (C=O) groups is 1. The third kappa shape index (κ3) is 3.05. The molecule has 1 fully saturated rings. The number of hydrogen-bond acceptors (Lipinski definition) is 3. The van der Waals surface area contributed by atoms with E-state index in [1.807, 2.05) is 12.1 Å². The Labute approximate surface area is 152 Å². The number of benzene rings is 2. The van der Waals surface area contributed by atoms with E-state index >= 15 is 0 Å². The quantitative estimate of drug-likeness (QED) is 0.620. The van der Waals surface area contributed by atoms with E-state index in [1.54, 1.807) is 31.4 Å². The van der Waals surface area contributed by atoms with Crippen LogP contribution in [0.5, 0.6) is 5.75 Å². The number of hydrogen-bond donors (Lipinski definition) is 1. The second-order valence-electron chi connectivity index (χ2n) is 4.97. The van der Waals surface area contributed by atoms with Crippen molar-refractivity contribution in [2.75, 3.05) is 12.0 Å². The van der Waals surface area contributed by atoms with Crippen molar-refractivity contribution in [3.05, 3.63) is 64.0 Å². The highest BCUT2D eigenvalue weighted by Crippen LogP contribution is 2.28. The van der Waals surface area contributed by atoms with Crippen LogP contribution in [0.15, 0.2) is 52.6 Å². The summed E-state index contributed by atoms with van der Waals surface area (Å²) in [5.74, 6) is -0.334. The van der Waals surface area contributed by atoms with E-state index < -0.39 is 11.7 Å². The summed E-state index contributed by atoms with van der Waals surface area (Å²) in [4.78, 5) is 13.8. The smallest absolute Gasteiger partial charge is 0.281 e. The number of amides is 1. The normalized spacial score (nSPS) is 15.8. The van der Waals surface area contributed by atoms with Gasteiger partial charge in [0.2, 0.25) is 0 Å². The lowest BCUT2D eigenvalue weighted by atomic mass is 10.1. The van der Waals surface area contributed by atoms with E-state index in [-0.39, 0.29) is 16.5 Å². The monoisotopic (exact) mass is 406 g/mol. The molecule has 0 saturated carbocycles. The Bertz CT molecular complexity index is 869. The number of carbonyl (C=O) groups excluding carboxylic acids is 1. The largest absolute Gasteiger partial charge is 0.496 e. The molecule has 0 spiro atoms. The van der Waals surface area contributed by atoms with Crippen molar-refractivity contribution >= 4 is 50.9 Å². The maximum atomic E-state index is 14.0. The van der Waals surface area contributed by atoms with Crippen molar-refractivity contribution in [2.45, 2.75) is 0 Å². The van der Waals surface area contributed by atoms with Crippen LogP contribution in [0, 0.1) is 5.82 Å². The number of anilines is 1. The maximum absolute atomic E-state index is 14.0. The van der Waals surface area contributed by atoms with Crippen molar-refractivity contribution in [1.82, 2.24) is 5.32 Å². The molecule has 24 heavy (non-hydrogen) atoms. The molecule has 0 aliphatic carbocycles. The molecule has 0 aromatic heterocycles. The first-order valence-electron chi connectivity index (χ1n) is 6.96. The molecule has 1 saturated heterocycles. The minimum Gasteiger partial charge on any atom is -0.496 e. The second kappa shape index (κ2) is 6.70. The van der Waals surface area contributed by atoms with Gasteiger partial charge in [-0.1, -0.05) is 28.1 Å². The fourth-order valence-electron chi connectivity index (χ4n) is 2.36. The van der Waals surface area contributed by atoms with Crippen LogP contribution in [0.1, 0.15) is 5.56 Å². The summed E-state index contributed by atoms with van der Waals surface area (Å²) in [6.45, 7) is 0. The number of ether oxygens (including phenoxy) is 1. The lowest BCUT2D eigenvalue weighted by molar-refractivity contribution is -0.113. The summed E-state index contributed by atoms with van der Waals surface area (Å²) >= 11 is 8.57. The molecule has 1 aliphatic heterocycles. The predicted molar refractivity (Wildman–Crippen MR) is 98.3 cm³/mol. The van der Waals surface area contributed by atoms with Crippen molar-refractivity contribution in [3.63, 3.8) is 0 Å². The van der Waals surface area contributed by atoms with E-state index in [0.29, 0.717) is 11.3 Å². The zero-order valence-electron chi connectivity index (χ0n) is 12.5. The van der Waals surface area contributed by atoms with E-state index in [2.05, 4.69) is 21.2 Å². The first-order chi connectivity index (χ1) is 11.5. The van der Waals surface area contributed by atoms with Gasteiger partial charge >= 0.3 is 0 Å². The van der Waals surface area contributed by atoms with Gasteiger partial charge in [-0.25, -0.2) is 9.29 Å². The van der Waals surface area contributed by atoms with Crippen LogP contribution in [0.3, 0.4) is 0 Å². The fourth-order valence-corrected chi connectivity index (χ4v) is 3.03. The van der Waals surface area contributed by atoms with E-state index in [1.165, 1.54) is 12.1 Å². The van der Waals surface area contributed by atoms with Crippen molar-refractivity contribution in [3.8, 4) is 5.75 Å². The molecule has 0 unspecified atom stereocenters. The molecule has 1 heterocycles. The summed E-state index contributed by atoms with van der Waals surface area (Å²) in [7, 11) is 1.55. The number of thiocarbonyl (C=S) groups is 1. The number of nitrogens with one attached hydrogen (secondary N) is 1. The summed E-state index contributed by atoms with van der Waals surface area (Å²) in [5.41, 5.74) is 1.06. The highest BCUT2D eigenvalue weighted by atomic mass is 79.9. The third-order valence-electron chi connectivity index (χ3n) is 3.46. The van der Waals surface area contributed by atoms with Gasteiger partial charge in [0.15, 0.2) is 5.11 Å². The third-order valence-corrected chi connectivity index (χ3v) is 4.24. The minimum absolute atomic E-state index is 0.115. The molecule has 4 nitrogen and oxygen atoms in total. The Morgan fingerprint density at radius 1 is 1.29 bits per heavy atom.